The Morgan fingerprint density at radius 1 is 0.690 bits per heavy atom. The van der Waals surface area contributed by atoms with Crippen LogP contribution in [0.5, 0.6) is 34.5 Å². The number of phenolic OH excluding ortho intramolecular Hbond substituents is 4. The van der Waals surface area contributed by atoms with Crippen molar-refractivity contribution < 1.29 is 44.2 Å². The van der Waals surface area contributed by atoms with Crippen LogP contribution in [0.2, 0.25) is 0 Å². The summed E-state index contributed by atoms with van der Waals surface area (Å²) in [5.41, 5.74) is 0.548. The van der Waals surface area contributed by atoms with Crippen LogP contribution < -0.4 is 9.47 Å². The molecule has 0 aliphatic rings. The van der Waals surface area contributed by atoms with Crippen LogP contribution in [0.3, 0.4) is 0 Å². The number of phenols is 4. The van der Waals surface area contributed by atoms with Crippen molar-refractivity contribution in [2.45, 2.75) is 26.7 Å². The van der Waals surface area contributed by atoms with E-state index in [-0.39, 0.29) is 71.7 Å². The molecule has 0 aliphatic heterocycles. The molecule has 156 valence electrons. The normalized spacial score (nSPS) is 10.6. The monoisotopic (exact) mass is 406 g/mol. The van der Waals surface area contributed by atoms with Gasteiger partial charge in [0.25, 0.3) is 0 Å². The molecule has 0 amide bonds. The third-order valence-corrected chi connectivity index (χ3v) is 4.02. The molecule has 0 radical (unpaired) electrons. The molecule has 9 heteroatoms. The molecule has 2 aromatic carbocycles. The minimum Gasteiger partial charge on any atom is -0.507 e. The Labute approximate surface area is 166 Å². The molecule has 0 heterocycles. The van der Waals surface area contributed by atoms with Gasteiger partial charge < -0.3 is 34.6 Å². The topological polar surface area (TPSA) is 143 Å². The van der Waals surface area contributed by atoms with E-state index in [1.165, 1.54) is 38.1 Å². The fourth-order valence-electron chi connectivity index (χ4n) is 2.21. The molecule has 0 spiro atoms. The lowest BCUT2D eigenvalue weighted by molar-refractivity contribution is -0.136. The Kier molecular flexibility index (Phi) is 7.27. The third kappa shape index (κ3) is 6.28. The summed E-state index contributed by atoms with van der Waals surface area (Å²) in [4.78, 5) is 23.5. The molecule has 0 aromatic heterocycles. The number of ether oxygens (including phenoxy) is 3. The van der Waals surface area contributed by atoms with Gasteiger partial charge in [0.05, 0.1) is 26.1 Å². The van der Waals surface area contributed by atoms with Gasteiger partial charge in [0.15, 0.2) is 0 Å². The minimum atomic E-state index is -0.638. The first kappa shape index (κ1) is 21.8. The number of hydrogen-bond donors (Lipinski definition) is 4. The smallest absolute Gasteiger partial charge is 0.313 e. The largest absolute Gasteiger partial charge is 0.507 e. The van der Waals surface area contributed by atoms with Crippen LogP contribution in [0, 0.1) is 13.8 Å². The molecule has 0 unspecified atom stereocenters. The molecule has 0 saturated heterocycles. The van der Waals surface area contributed by atoms with E-state index in [1.54, 1.807) is 0 Å². The Morgan fingerprint density at radius 3 is 1.31 bits per heavy atom. The van der Waals surface area contributed by atoms with Gasteiger partial charge in [-0.15, -0.1) is 0 Å². The zero-order valence-corrected chi connectivity index (χ0v) is 16.0. The summed E-state index contributed by atoms with van der Waals surface area (Å²) in [6.07, 6.45) is -0.214. The first-order valence-electron chi connectivity index (χ1n) is 8.71. The van der Waals surface area contributed by atoms with E-state index in [0.29, 0.717) is 0 Å². The van der Waals surface area contributed by atoms with E-state index >= 15 is 0 Å². The molecule has 4 N–H and O–H groups in total. The third-order valence-electron chi connectivity index (χ3n) is 4.02. The molecule has 9 nitrogen and oxygen atoms in total. The van der Waals surface area contributed by atoms with E-state index in [0.717, 1.165) is 0 Å². The van der Waals surface area contributed by atoms with Gasteiger partial charge in [-0.05, 0) is 13.8 Å². The van der Waals surface area contributed by atoms with E-state index in [1.807, 2.05) is 0 Å². The van der Waals surface area contributed by atoms with Gasteiger partial charge in [0, 0.05) is 35.4 Å². The quantitative estimate of drug-likeness (QED) is 0.295. The molecule has 0 aliphatic carbocycles. The van der Waals surface area contributed by atoms with Crippen LogP contribution in [0.4, 0.5) is 0 Å². The maximum Gasteiger partial charge on any atom is 0.313 e. The van der Waals surface area contributed by atoms with Crippen LogP contribution in [0.25, 0.3) is 0 Å². The summed E-state index contributed by atoms with van der Waals surface area (Å²) < 4.78 is 15.2. The van der Waals surface area contributed by atoms with E-state index in [9.17, 15) is 30.0 Å². The van der Waals surface area contributed by atoms with Gasteiger partial charge in [-0.25, -0.2) is 0 Å². The lowest BCUT2D eigenvalue weighted by atomic mass is 10.2. The zero-order chi connectivity index (χ0) is 21.6. The summed E-state index contributed by atoms with van der Waals surface area (Å²) in [6.45, 7) is 3.00. The summed E-state index contributed by atoms with van der Waals surface area (Å²) in [5, 5.41) is 38.4. The first-order chi connectivity index (χ1) is 13.7. The molecule has 0 fully saturated rings. The maximum absolute atomic E-state index is 11.7. The van der Waals surface area contributed by atoms with Crippen molar-refractivity contribution >= 4 is 11.9 Å². The van der Waals surface area contributed by atoms with Crippen LogP contribution in [-0.4, -0.2) is 45.6 Å². The summed E-state index contributed by atoms with van der Waals surface area (Å²) >= 11 is 0. The van der Waals surface area contributed by atoms with Crippen molar-refractivity contribution in [1.82, 2.24) is 0 Å². The highest BCUT2D eigenvalue weighted by Crippen LogP contribution is 2.32. The van der Waals surface area contributed by atoms with Gasteiger partial charge in [-0.3, -0.25) is 9.59 Å². The van der Waals surface area contributed by atoms with Gasteiger partial charge >= 0.3 is 11.9 Å². The maximum atomic E-state index is 11.7. The zero-order valence-electron chi connectivity index (χ0n) is 16.0. The average molecular weight is 406 g/mol. The Bertz CT molecular complexity index is 785. The average Bonchev–Trinajstić information content (AvgIpc) is 2.63. The van der Waals surface area contributed by atoms with E-state index < -0.39 is 11.9 Å². The van der Waals surface area contributed by atoms with Gasteiger partial charge in [-0.2, -0.15) is 0 Å². The molecule has 2 aromatic rings. The number of esters is 2. The Morgan fingerprint density at radius 2 is 1.00 bits per heavy atom. The van der Waals surface area contributed by atoms with E-state index in [4.69, 9.17) is 14.2 Å². The van der Waals surface area contributed by atoms with Gasteiger partial charge in [0.1, 0.15) is 34.5 Å². The molecule has 0 saturated carbocycles. The van der Waals surface area contributed by atoms with E-state index in [2.05, 4.69) is 0 Å². The fraction of sp³-hybridized carbons (Fsp3) is 0.300. The van der Waals surface area contributed by atoms with Crippen molar-refractivity contribution in [3.63, 3.8) is 0 Å². The lowest BCUT2D eigenvalue weighted by Gasteiger charge is -2.09. The van der Waals surface area contributed by atoms with Crippen molar-refractivity contribution in [3.05, 3.63) is 35.4 Å². The van der Waals surface area contributed by atoms with Crippen LogP contribution in [0.1, 0.15) is 24.0 Å². The molecule has 2 rings (SSSR count). The number of carbonyl (C=O) groups excluding carboxylic acids is 2. The molecule has 29 heavy (non-hydrogen) atoms. The first-order valence-corrected chi connectivity index (χ1v) is 8.71. The summed E-state index contributed by atoms with van der Waals surface area (Å²) in [6, 6.07) is 4.85. The summed E-state index contributed by atoms with van der Waals surface area (Å²) in [7, 11) is 0. The number of benzene rings is 2. The van der Waals surface area contributed by atoms with Gasteiger partial charge in [-0.1, -0.05) is 0 Å². The lowest BCUT2D eigenvalue weighted by Crippen LogP contribution is -2.14. The molecule has 0 bridgehead atoms. The molecular formula is C20H22O9. The standard InChI is InChI=1S/C20H22O9/c1-11-15(21)7-13(8-16(11)22)28-19(25)3-5-27-6-4-20(26)29-14-9-17(23)12(2)18(24)10-14/h7-10,21-24H,3-6H2,1-2H3. The van der Waals surface area contributed by atoms with Gasteiger partial charge in [0.2, 0.25) is 0 Å². The predicted octanol–water partition coefficient (Wildman–Crippen LogP) is 2.43. The highest BCUT2D eigenvalue weighted by Gasteiger charge is 2.12. The Hall–Kier alpha value is -3.46. The second-order valence-electron chi connectivity index (χ2n) is 6.23. The van der Waals surface area contributed by atoms with Crippen molar-refractivity contribution in [1.29, 1.82) is 0 Å². The highest BCUT2D eigenvalue weighted by atomic mass is 16.5. The second-order valence-corrected chi connectivity index (χ2v) is 6.23. The number of hydrogen-bond acceptors (Lipinski definition) is 9. The SMILES string of the molecule is Cc1c(O)cc(OC(=O)CCOCCC(=O)Oc2cc(O)c(C)c(O)c2)cc1O. The second kappa shape index (κ2) is 9.65. The van der Waals surface area contributed by atoms with Crippen LogP contribution in [-0.2, 0) is 14.3 Å². The van der Waals surface area contributed by atoms with Crippen molar-refractivity contribution in [2.75, 3.05) is 13.2 Å². The predicted molar refractivity (Wildman–Crippen MR) is 100 cm³/mol. The van der Waals surface area contributed by atoms with Crippen molar-refractivity contribution in [3.8, 4) is 34.5 Å². The highest BCUT2D eigenvalue weighted by molar-refractivity contribution is 5.73. The Balaban J connectivity index is 1.69. The number of aromatic hydroxyl groups is 4. The minimum absolute atomic E-state index is 0.00350. The van der Waals surface area contributed by atoms with Crippen molar-refractivity contribution in [2.24, 2.45) is 0 Å². The van der Waals surface area contributed by atoms with Crippen LogP contribution in [0.15, 0.2) is 24.3 Å². The molecular weight excluding hydrogens is 384 g/mol. The fourth-order valence-corrected chi connectivity index (χ4v) is 2.21. The van der Waals surface area contributed by atoms with Crippen LogP contribution >= 0.6 is 0 Å². The molecule has 0 atom stereocenters. The number of carbonyl (C=O) groups is 2. The number of rotatable bonds is 8. The summed E-state index contributed by atoms with van der Waals surface area (Å²) in [5.74, 6) is -2.06.